The van der Waals surface area contributed by atoms with Crippen molar-refractivity contribution in [2.24, 2.45) is 14.1 Å². The highest BCUT2D eigenvalue weighted by atomic mass is 16.5. The van der Waals surface area contributed by atoms with Crippen LogP contribution in [0, 0.1) is 0 Å². The third kappa shape index (κ3) is 9.47. The monoisotopic (exact) mass is 338 g/mol. The number of hydrogen-bond donors (Lipinski definition) is 0. The maximum Gasteiger partial charge on any atom is 0.245 e. The summed E-state index contributed by atoms with van der Waals surface area (Å²) in [7, 11) is 4.01. The standard InChI is InChI=1S/2C9H17N2O/c2*1-3-4-7-12-9-11-6-5-10(2)8-11/h2*5-6,8H,3-4,7,9H2,1-2H3/q2*+1. The molecule has 2 rings (SSSR count). The number of imidazole rings is 2. The lowest BCUT2D eigenvalue weighted by atomic mass is 10.4. The van der Waals surface area contributed by atoms with Gasteiger partial charge in [-0.15, -0.1) is 0 Å². The van der Waals surface area contributed by atoms with Crippen molar-refractivity contribution in [2.75, 3.05) is 13.2 Å². The second kappa shape index (κ2) is 12.7. The van der Waals surface area contributed by atoms with E-state index in [1.165, 1.54) is 12.8 Å². The first-order valence-electron chi connectivity index (χ1n) is 8.83. The molecule has 0 N–H and O–H groups in total. The Morgan fingerprint density at radius 2 is 1.17 bits per heavy atom. The Bertz CT molecular complexity index is 488. The average molecular weight is 338 g/mol. The minimum Gasteiger partial charge on any atom is -0.342 e. The van der Waals surface area contributed by atoms with Crippen LogP contribution in [0.5, 0.6) is 0 Å². The lowest BCUT2D eigenvalue weighted by molar-refractivity contribution is -0.671. The van der Waals surface area contributed by atoms with Gasteiger partial charge in [0.2, 0.25) is 12.7 Å². The largest absolute Gasteiger partial charge is 0.342 e. The molecule has 2 heterocycles. The number of hydrogen-bond acceptors (Lipinski definition) is 2. The Kier molecular flexibility index (Phi) is 10.8. The van der Waals surface area contributed by atoms with Crippen LogP contribution in [-0.4, -0.2) is 22.3 Å². The lowest BCUT2D eigenvalue weighted by Crippen LogP contribution is -2.23. The van der Waals surface area contributed by atoms with Crippen molar-refractivity contribution in [3.05, 3.63) is 37.4 Å². The predicted molar refractivity (Wildman–Crippen MR) is 92.9 cm³/mol. The molecule has 0 aliphatic heterocycles. The molecule has 0 saturated heterocycles. The molecule has 2 aromatic heterocycles. The van der Waals surface area contributed by atoms with E-state index in [1.807, 2.05) is 69.8 Å². The smallest absolute Gasteiger partial charge is 0.245 e. The normalized spacial score (nSPS) is 10.5. The molecule has 0 fully saturated rings. The Morgan fingerprint density at radius 1 is 0.750 bits per heavy atom. The van der Waals surface area contributed by atoms with E-state index in [0.29, 0.717) is 13.5 Å². The molecule has 0 atom stereocenters. The average Bonchev–Trinajstić information content (AvgIpc) is 3.17. The van der Waals surface area contributed by atoms with Crippen LogP contribution < -0.4 is 9.13 Å². The van der Waals surface area contributed by atoms with E-state index in [2.05, 4.69) is 13.8 Å². The van der Waals surface area contributed by atoms with Crippen molar-refractivity contribution in [1.29, 1.82) is 0 Å². The van der Waals surface area contributed by atoms with Crippen LogP contribution in [0.25, 0.3) is 0 Å². The van der Waals surface area contributed by atoms with Gasteiger partial charge >= 0.3 is 0 Å². The molecule has 6 nitrogen and oxygen atoms in total. The minimum atomic E-state index is 0.668. The fourth-order valence-electron chi connectivity index (χ4n) is 1.99. The molecule has 136 valence electrons. The highest BCUT2D eigenvalue weighted by molar-refractivity contribution is 4.63. The van der Waals surface area contributed by atoms with E-state index < -0.39 is 0 Å². The number of ether oxygens (including phenoxy) is 2. The number of nitrogens with zero attached hydrogens (tertiary/aromatic N) is 4. The second-order valence-corrected chi connectivity index (χ2v) is 5.97. The van der Waals surface area contributed by atoms with E-state index >= 15 is 0 Å². The zero-order valence-corrected chi connectivity index (χ0v) is 15.7. The van der Waals surface area contributed by atoms with Crippen molar-refractivity contribution >= 4 is 0 Å². The van der Waals surface area contributed by atoms with Crippen molar-refractivity contribution in [3.8, 4) is 0 Å². The lowest BCUT2D eigenvalue weighted by Gasteiger charge is -1.98. The van der Waals surface area contributed by atoms with E-state index in [4.69, 9.17) is 9.47 Å². The molecule has 0 unspecified atom stereocenters. The first-order valence-corrected chi connectivity index (χ1v) is 8.83. The summed E-state index contributed by atoms with van der Waals surface area (Å²) in [5.74, 6) is 0. The summed E-state index contributed by atoms with van der Waals surface area (Å²) in [6.07, 6.45) is 16.7. The molecule has 24 heavy (non-hydrogen) atoms. The van der Waals surface area contributed by atoms with Gasteiger partial charge in [-0.3, -0.25) is 0 Å². The highest BCUT2D eigenvalue weighted by Gasteiger charge is 1.98. The first-order chi connectivity index (χ1) is 11.7. The van der Waals surface area contributed by atoms with Crippen LogP contribution in [0.3, 0.4) is 0 Å². The van der Waals surface area contributed by atoms with Gasteiger partial charge in [0.1, 0.15) is 24.8 Å². The van der Waals surface area contributed by atoms with Gasteiger partial charge in [-0.05, 0) is 12.8 Å². The maximum absolute atomic E-state index is 5.42. The van der Waals surface area contributed by atoms with Crippen LogP contribution in [0.15, 0.2) is 37.4 Å². The molecule has 0 aliphatic carbocycles. The zero-order chi connectivity index (χ0) is 17.6. The zero-order valence-electron chi connectivity index (χ0n) is 15.7. The molecule has 0 spiro atoms. The van der Waals surface area contributed by atoms with Gasteiger partial charge in [0, 0.05) is 0 Å². The molecule has 0 aromatic carbocycles. The Labute approximate surface area is 146 Å². The van der Waals surface area contributed by atoms with Crippen LogP contribution in [-0.2, 0) is 37.0 Å². The van der Waals surface area contributed by atoms with Crippen molar-refractivity contribution < 1.29 is 18.6 Å². The summed E-state index contributed by atoms with van der Waals surface area (Å²) in [6, 6.07) is 0. The highest BCUT2D eigenvalue weighted by Crippen LogP contribution is 1.91. The number of unbranched alkanes of at least 4 members (excludes halogenated alkanes) is 2. The van der Waals surface area contributed by atoms with E-state index in [9.17, 15) is 0 Å². The van der Waals surface area contributed by atoms with Crippen LogP contribution >= 0.6 is 0 Å². The fourth-order valence-corrected chi connectivity index (χ4v) is 1.99. The summed E-state index contributed by atoms with van der Waals surface area (Å²) >= 11 is 0. The Balaban J connectivity index is 0.000000240. The number of aromatic nitrogens is 4. The fraction of sp³-hybridized carbons (Fsp3) is 0.667. The molecular weight excluding hydrogens is 304 g/mol. The van der Waals surface area contributed by atoms with E-state index in [1.54, 1.807) is 0 Å². The van der Waals surface area contributed by atoms with Crippen LogP contribution in [0.4, 0.5) is 0 Å². The van der Waals surface area contributed by atoms with Crippen LogP contribution in [0.2, 0.25) is 0 Å². The third-order valence-electron chi connectivity index (χ3n) is 3.41. The topological polar surface area (TPSA) is 36.1 Å². The number of rotatable bonds is 10. The predicted octanol–water partition coefficient (Wildman–Crippen LogP) is 2.17. The summed E-state index contributed by atoms with van der Waals surface area (Å²) in [6.45, 7) is 7.39. The van der Waals surface area contributed by atoms with Crippen molar-refractivity contribution in [1.82, 2.24) is 9.13 Å². The summed E-state index contributed by atoms with van der Waals surface area (Å²) in [4.78, 5) is 0. The summed E-state index contributed by atoms with van der Waals surface area (Å²) in [5.41, 5.74) is 0. The summed E-state index contributed by atoms with van der Waals surface area (Å²) < 4.78 is 18.9. The van der Waals surface area contributed by atoms with Crippen molar-refractivity contribution in [2.45, 2.75) is 53.0 Å². The molecular formula is C18H34N4O2+2. The van der Waals surface area contributed by atoms with Gasteiger partial charge in [-0.1, -0.05) is 26.7 Å². The van der Waals surface area contributed by atoms with E-state index in [0.717, 1.165) is 26.1 Å². The molecule has 0 radical (unpaired) electrons. The molecule has 6 heteroatoms. The second-order valence-electron chi connectivity index (χ2n) is 5.97. The van der Waals surface area contributed by atoms with Gasteiger partial charge in [-0.2, -0.15) is 0 Å². The Hall–Kier alpha value is -1.66. The molecule has 0 aliphatic rings. The first kappa shape index (κ1) is 20.4. The van der Waals surface area contributed by atoms with Gasteiger partial charge in [0.05, 0.1) is 27.3 Å². The van der Waals surface area contributed by atoms with Gasteiger partial charge in [0.15, 0.2) is 13.5 Å². The number of aryl methyl sites for hydroxylation is 2. The van der Waals surface area contributed by atoms with Gasteiger partial charge in [0.25, 0.3) is 0 Å². The SMILES string of the molecule is CCCCOCn1cc[n+](C)c1.CCCCOCn1cc[n+](C)c1. The van der Waals surface area contributed by atoms with Gasteiger partial charge < -0.3 is 9.47 Å². The van der Waals surface area contributed by atoms with Gasteiger partial charge in [-0.25, -0.2) is 18.3 Å². The molecule has 0 saturated carbocycles. The molecule has 0 amide bonds. The third-order valence-corrected chi connectivity index (χ3v) is 3.41. The summed E-state index contributed by atoms with van der Waals surface area (Å²) in [5, 5.41) is 0. The quantitative estimate of drug-likeness (QED) is 0.492. The van der Waals surface area contributed by atoms with E-state index in [-0.39, 0.29) is 0 Å². The Morgan fingerprint density at radius 3 is 1.46 bits per heavy atom. The maximum atomic E-state index is 5.42. The van der Waals surface area contributed by atoms with Crippen molar-refractivity contribution in [3.63, 3.8) is 0 Å². The molecule has 2 aromatic rings. The molecule has 0 bridgehead atoms. The minimum absolute atomic E-state index is 0.668. The van der Waals surface area contributed by atoms with Crippen LogP contribution in [0.1, 0.15) is 39.5 Å².